The monoisotopic (exact) mass is 471 g/mol. The largest absolute Gasteiger partial charge is 0.352 e. The smallest absolute Gasteiger partial charge is 0.244 e. The van der Waals surface area contributed by atoms with Crippen LogP contribution >= 0.6 is 0 Å². The molecule has 0 saturated heterocycles. The van der Waals surface area contributed by atoms with Crippen LogP contribution in [0.2, 0.25) is 0 Å². The van der Waals surface area contributed by atoms with Gasteiger partial charge in [0.2, 0.25) is 21.8 Å². The van der Waals surface area contributed by atoms with Crippen LogP contribution in [0.4, 0.5) is 5.69 Å². The first-order chi connectivity index (χ1) is 15.6. The van der Waals surface area contributed by atoms with E-state index in [1.165, 1.54) is 4.90 Å². The minimum absolute atomic E-state index is 0.133. The predicted molar refractivity (Wildman–Crippen MR) is 130 cm³/mol. The van der Waals surface area contributed by atoms with E-state index in [0.717, 1.165) is 47.4 Å². The van der Waals surface area contributed by atoms with Crippen LogP contribution in [0.25, 0.3) is 0 Å². The molecule has 1 saturated carbocycles. The van der Waals surface area contributed by atoms with Gasteiger partial charge < -0.3 is 10.2 Å². The number of nitrogens with one attached hydrogen (secondary N) is 1. The van der Waals surface area contributed by atoms with Crippen molar-refractivity contribution in [2.45, 2.75) is 58.2 Å². The lowest BCUT2D eigenvalue weighted by Crippen LogP contribution is -2.52. The van der Waals surface area contributed by atoms with Crippen molar-refractivity contribution in [1.82, 2.24) is 10.2 Å². The highest BCUT2D eigenvalue weighted by Gasteiger charge is 2.31. The molecule has 8 heteroatoms. The summed E-state index contributed by atoms with van der Waals surface area (Å²) in [4.78, 5) is 27.9. The zero-order valence-corrected chi connectivity index (χ0v) is 20.3. The van der Waals surface area contributed by atoms with Gasteiger partial charge in [0, 0.05) is 12.6 Å². The van der Waals surface area contributed by atoms with E-state index in [1.54, 1.807) is 37.3 Å². The Morgan fingerprint density at radius 1 is 1.03 bits per heavy atom. The Morgan fingerprint density at radius 3 is 2.21 bits per heavy atom. The summed E-state index contributed by atoms with van der Waals surface area (Å²) < 4.78 is 26.1. The van der Waals surface area contributed by atoms with Crippen molar-refractivity contribution in [2.24, 2.45) is 0 Å². The van der Waals surface area contributed by atoms with Gasteiger partial charge in [0.1, 0.15) is 12.6 Å². The van der Waals surface area contributed by atoms with Crippen LogP contribution in [0.5, 0.6) is 0 Å². The summed E-state index contributed by atoms with van der Waals surface area (Å²) in [5.74, 6) is -0.646. The number of para-hydroxylation sites is 1. The van der Waals surface area contributed by atoms with E-state index in [2.05, 4.69) is 5.32 Å². The van der Waals surface area contributed by atoms with Crippen molar-refractivity contribution in [3.63, 3.8) is 0 Å². The molecule has 1 aliphatic carbocycles. The number of carbonyl (C=O) groups is 2. The van der Waals surface area contributed by atoms with E-state index >= 15 is 0 Å². The molecule has 33 heavy (non-hydrogen) atoms. The molecule has 1 N–H and O–H groups in total. The Labute approximate surface area is 196 Å². The van der Waals surface area contributed by atoms with Gasteiger partial charge in [-0.15, -0.1) is 0 Å². The van der Waals surface area contributed by atoms with Crippen LogP contribution in [-0.2, 0) is 26.2 Å². The number of aryl methyl sites for hydroxylation is 1. The molecule has 1 atom stereocenters. The molecule has 2 aromatic rings. The molecule has 3 rings (SSSR count). The maximum Gasteiger partial charge on any atom is 0.244 e. The summed E-state index contributed by atoms with van der Waals surface area (Å²) >= 11 is 0. The van der Waals surface area contributed by atoms with E-state index < -0.39 is 22.0 Å². The number of nitrogens with zero attached hydrogens (tertiary/aromatic N) is 2. The number of sulfonamides is 1. The van der Waals surface area contributed by atoms with Crippen LogP contribution < -0.4 is 9.62 Å². The predicted octanol–water partition coefficient (Wildman–Crippen LogP) is 3.24. The molecule has 0 aliphatic heterocycles. The summed E-state index contributed by atoms with van der Waals surface area (Å²) in [5.41, 5.74) is 2.38. The molecule has 0 radical (unpaired) electrons. The minimum atomic E-state index is -3.70. The van der Waals surface area contributed by atoms with Crippen molar-refractivity contribution in [2.75, 3.05) is 17.1 Å². The zero-order chi connectivity index (χ0) is 24.0. The summed E-state index contributed by atoms with van der Waals surface area (Å²) in [5, 5.41) is 3.06. The topological polar surface area (TPSA) is 86.8 Å². The molecule has 1 unspecified atom stereocenters. The third kappa shape index (κ3) is 6.81. The minimum Gasteiger partial charge on any atom is -0.352 e. The molecule has 178 valence electrons. The number of hydrogen-bond acceptors (Lipinski definition) is 4. The highest BCUT2D eigenvalue weighted by Crippen LogP contribution is 2.20. The van der Waals surface area contributed by atoms with Gasteiger partial charge in [0.25, 0.3) is 0 Å². The third-order valence-corrected chi connectivity index (χ3v) is 7.21. The van der Waals surface area contributed by atoms with E-state index in [1.807, 2.05) is 31.2 Å². The van der Waals surface area contributed by atoms with Crippen molar-refractivity contribution in [3.05, 3.63) is 65.7 Å². The zero-order valence-electron chi connectivity index (χ0n) is 19.5. The number of amides is 2. The molecule has 0 aromatic heterocycles. The van der Waals surface area contributed by atoms with Gasteiger partial charge in [0.15, 0.2) is 0 Å². The van der Waals surface area contributed by atoms with Gasteiger partial charge in [-0.25, -0.2) is 8.42 Å². The van der Waals surface area contributed by atoms with Crippen LogP contribution in [-0.4, -0.2) is 50.0 Å². The molecule has 0 bridgehead atoms. The highest BCUT2D eigenvalue weighted by atomic mass is 32.2. The first-order valence-corrected chi connectivity index (χ1v) is 13.2. The Kier molecular flexibility index (Phi) is 8.13. The number of anilines is 1. The quantitative estimate of drug-likeness (QED) is 0.608. The van der Waals surface area contributed by atoms with Gasteiger partial charge in [-0.2, -0.15) is 0 Å². The Hall–Kier alpha value is -2.87. The molecule has 2 amide bonds. The molecule has 1 fully saturated rings. The van der Waals surface area contributed by atoms with Gasteiger partial charge in [-0.1, -0.05) is 60.9 Å². The third-order valence-electron chi connectivity index (χ3n) is 6.07. The number of hydrogen-bond donors (Lipinski definition) is 1. The van der Waals surface area contributed by atoms with Crippen LogP contribution in [0.1, 0.15) is 43.7 Å². The molecule has 2 aromatic carbocycles. The van der Waals surface area contributed by atoms with E-state index in [0.29, 0.717) is 5.69 Å². The lowest BCUT2D eigenvalue weighted by Gasteiger charge is -2.32. The van der Waals surface area contributed by atoms with E-state index in [9.17, 15) is 18.0 Å². The first-order valence-electron chi connectivity index (χ1n) is 11.3. The number of carbonyl (C=O) groups excluding carboxylic acids is 2. The van der Waals surface area contributed by atoms with E-state index in [-0.39, 0.29) is 25.0 Å². The normalized spacial score (nSPS) is 15.1. The van der Waals surface area contributed by atoms with Crippen LogP contribution in [0.3, 0.4) is 0 Å². The Bertz CT molecular complexity index is 1050. The van der Waals surface area contributed by atoms with Crippen molar-refractivity contribution in [1.29, 1.82) is 0 Å². The fourth-order valence-electron chi connectivity index (χ4n) is 4.07. The van der Waals surface area contributed by atoms with Gasteiger partial charge in [0.05, 0.1) is 11.9 Å². The van der Waals surface area contributed by atoms with Crippen molar-refractivity contribution >= 4 is 27.5 Å². The van der Waals surface area contributed by atoms with Crippen molar-refractivity contribution < 1.29 is 18.0 Å². The van der Waals surface area contributed by atoms with Gasteiger partial charge >= 0.3 is 0 Å². The van der Waals surface area contributed by atoms with Crippen LogP contribution in [0, 0.1) is 6.92 Å². The Morgan fingerprint density at radius 2 is 1.64 bits per heavy atom. The second-order valence-electron chi connectivity index (χ2n) is 8.78. The number of benzene rings is 2. The molecule has 1 aliphatic rings. The second kappa shape index (κ2) is 10.8. The molecule has 0 spiro atoms. The maximum absolute atomic E-state index is 13.5. The maximum atomic E-state index is 13.5. The highest BCUT2D eigenvalue weighted by molar-refractivity contribution is 7.92. The first kappa shape index (κ1) is 24.8. The Balaban J connectivity index is 1.85. The molecule has 0 heterocycles. The lowest BCUT2D eigenvalue weighted by atomic mass is 10.1. The van der Waals surface area contributed by atoms with Gasteiger partial charge in [-0.05, 0) is 44.4 Å². The van der Waals surface area contributed by atoms with Crippen LogP contribution in [0.15, 0.2) is 54.6 Å². The molecule has 7 nitrogen and oxygen atoms in total. The van der Waals surface area contributed by atoms with Gasteiger partial charge in [-0.3, -0.25) is 13.9 Å². The summed E-state index contributed by atoms with van der Waals surface area (Å²) in [7, 11) is -3.70. The average molecular weight is 472 g/mol. The second-order valence-corrected chi connectivity index (χ2v) is 10.7. The molecular formula is C25H33N3O4S. The summed E-state index contributed by atoms with van der Waals surface area (Å²) in [6.07, 6.45) is 5.14. The summed E-state index contributed by atoms with van der Waals surface area (Å²) in [6, 6.07) is 15.7. The average Bonchev–Trinajstić information content (AvgIpc) is 3.29. The standard InChI is InChI=1S/C25H33N3O4S/c1-19-13-15-21(16-14-19)17-27(20(2)25(30)26-22-9-7-8-10-22)24(29)18-28(33(3,31)32)23-11-5-4-6-12-23/h4-6,11-16,20,22H,7-10,17-18H2,1-3H3,(H,26,30). The summed E-state index contributed by atoms with van der Waals surface area (Å²) in [6.45, 7) is 3.51. The van der Waals surface area contributed by atoms with E-state index in [4.69, 9.17) is 0 Å². The number of rotatable bonds is 9. The fourth-order valence-corrected chi connectivity index (χ4v) is 4.92. The fraction of sp³-hybridized carbons (Fsp3) is 0.440. The SMILES string of the molecule is Cc1ccc(CN(C(=O)CN(c2ccccc2)S(C)(=O)=O)C(C)C(=O)NC2CCCC2)cc1. The van der Waals surface area contributed by atoms with Crippen molar-refractivity contribution in [3.8, 4) is 0 Å². The lowest BCUT2D eigenvalue weighted by molar-refractivity contribution is -0.139. The molecular weight excluding hydrogens is 438 g/mol.